The van der Waals surface area contributed by atoms with Crippen molar-refractivity contribution in [3.8, 4) is 11.4 Å². The van der Waals surface area contributed by atoms with E-state index in [0.717, 1.165) is 55.8 Å². The van der Waals surface area contributed by atoms with E-state index in [2.05, 4.69) is 27.5 Å². The van der Waals surface area contributed by atoms with Crippen molar-refractivity contribution in [3.63, 3.8) is 0 Å². The quantitative estimate of drug-likeness (QED) is 0.888. The number of aromatic nitrogens is 2. The van der Waals surface area contributed by atoms with Gasteiger partial charge in [0.15, 0.2) is 5.82 Å². The Balaban J connectivity index is 1.89. The van der Waals surface area contributed by atoms with E-state index in [0.29, 0.717) is 11.9 Å². The molecule has 122 valence electrons. The molecule has 0 spiro atoms. The van der Waals surface area contributed by atoms with Crippen LogP contribution in [-0.4, -0.2) is 29.1 Å². The molecule has 0 amide bonds. The summed E-state index contributed by atoms with van der Waals surface area (Å²) in [5.74, 6) is 1.17. The molecule has 1 aromatic heterocycles. The number of aryl methyl sites for hydroxylation is 1. The molecule has 0 atom stereocenters. The molecule has 3 rings (SSSR count). The fourth-order valence-electron chi connectivity index (χ4n) is 2.89. The van der Waals surface area contributed by atoms with E-state index in [-0.39, 0.29) is 5.82 Å². The zero-order valence-electron chi connectivity index (χ0n) is 13.5. The first kappa shape index (κ1) is 15.9. The number of rotatable bonds is 5. The molecule has 1 aromatic carbocycles. The van der Waals surface area contributed by atoms with Gasteiger partial charge in [-0.3, -0.25) is 0 Å². The van der Waals surface area contributed by atoms with E-state index < -0.39 is 0 Å². The number of anilines is 1. The summed E-state index contributed by atoms with van der Waals surface area (Å²) >= 11 is 0. The van der Waals surface area contributed by atoms with Gasteiger partial charge in [0.25, 0.3) is 0 Å². The third-order valence-corrected chi connectivity index (χ3v) is 4.06. The Hall–Kier alpha value is -2.01. The second kappa shape index (κ2) is 7.51. The number of nitrogens with one attached hydrogen (secondary N) is 2. The molecular weight excluding hydrogens is 291 g/mol. The van der Waals surface area contributed by atoms with Gasteiger partial charge in [-0.05, 0) is 44.5 Å². The fraction of sp³-hybridized carbons (Fsp3) is 0.444. The Morgan fingerprint density at radius 3 is 2.78 bits per heavy atom. The first-order valence-electron chi connectivity index (χ1n) is 8.36. The predicted molar refractivity (Wildman–Crippen MR) is 90.9 cm³/mol. The van der Waals surface area contributed by atoms with Crippen molar-refractivity contribution < 1.29 is 4.39 Å². The van der Waals surface area contributed by atoms with Crippen LogP contribution in [0.15, 0.2) is 30.3 Å². The average Bonchev–Trinajstić information content (AvgIpc) is 2.56. The lowest BCUT2D eigenvalue weighted by atomic mass is 10.1. The molecule has 0 radical (unpaired) electrons. The van der Waals surface area contributed by atoms with Crippen LogP contribution in [-0.2, 0) is 6.42 Å². The summed E-state index contributed by atoms with van der Waals surface area (Å²) in [6, 6.07) is 8.92. The number of hydrogen-bond donors (Lipinski definition) is 2. The van der Waals surface area contributed by atoms with E-state index in [1.165, 1.54) is 12.1 Å². The minimum Gasteiger partial charge on any atom is -0.367 e. The smallest absolute Gasteiger partial charge is 0.161 e. The van der Waals surface area contributed by atoms with Gasteiger partial charge in [0, 0.05) is 23.4 Å². The molecule has 0 bridgehead atoms. The molecule has 0 unspecified atom stereocenters. The molecule has 2 N–H and O–H groups in total. The van der Waals surface area contributed by atoms with E-state index >= 15 is 0 Å². The van der Waals surface area contributed by atoms with Crippen LogP contribution >= 0.6 is 0 Å². The second-order valence-electron chi connectivity index (χ2n) is 6.00. The van der Waals surface area contributed by atoms with Crippen molar-refractivity contribution >= 4 is 5.82 Å². The minimum atomic E-state index is -0.264. The van der Waals surface area contributed by atoms with Crippen LogP contribution in [0, 0.1) is 5.82 Å². The molecule has 2 heterocycles. The molecule has 23 heavy (non-hydrogen) atoms. The largest absolute Gasteiger partial charge is 0.367 e. The van der Waals surface area contributed by atoms with Crippen molar-refractivity contribution in [1.82, 2.24) is 15.3 Å². The average molecular weight is 314 g/mol. The predicted octanol–water partition coefficient (Wildman–Crippen LogP) is 3.40. The van der Waals surface area contributed by atoms with Crippen molar-refractivity contribution in [2.75, 3.05) is 18.4 Å². The summed E-state index contributed by atoms with van der Waals surface area (Å²) in [6.07, 6.45) is 4.09. The van der Waals surface area contributed by atoms with Crippen LogP contribution in [0.1, 0.15) is 31.9 Å². The van der Waals surface area contributed by atoms with E-state index in [1.807, 2.05) is 12.1 Å². The summed E-state index contributed by atoms with van der Waals surface area (Å²) in [5.41, 5.74) is 1.72. The van der Waals surface area contributed by atoms with E-state index in [9.17, 15) is 4.39 Å². The maximum absolute atomic E-state index is 13.5. The van der Waals surface area contributed by atoms with E-state index in [4.69, 9.17) is 0 Å². The van der Waals surface area contributed by atoms with Gasteiger partial charge in [0.2, 0.25) is 0 Å². The van der Waals surface area contributed by atoms with Gasteiger partial charge in [-0.15, -0.1) is 0 Å². The highest BCUT2D eigenvalue weighted by atomic mass is 19.1. The highest BCUT2D eigenvalue weighted by Crippen LogP contribution is 2.21. The highest BCUT2D eigenvalue weighted by molar-refractivity contribution is 5.57. The second-order valence-corrected chi connectivity index (χ2v) is 6.00. The Bertz CT molecular complexity index is 653. The Morgan fingerprint density at radius 2 is 2.04 bits per heavy atom. The zero-order chi connectivity index (χ0) is 16.1. The topological polar surface area (TPSA) is 49.8 Å². The zero-order valence-corrected chi connectivity index (χ0v) is 13.5. The fourth-order valence-corrected chi connectivity index (χ4v) is 2.89. The Labute approximate surface area is 136 Å². The first-order chi connectivity index (χ1) is 11.2. The van der Waals surface area contributed by atoms with Gasteiger partial charge < -0.3 is 10.6 Å². The van der Waals surface area contributed by atoms with Gasteiger partial charge >= 0.3 is 0 Å². The monoisotopic (exact) mass is 314 g/mol. The van der Waals surface area contributed by atoms with Gasteiger partial charge in [-0.1, -0.05) is 25.5 Å². The third-order valence-electron chi connectivity index (χ3n) is 4.06. The Morgan fingerprint density at radius 1 is 1.22 bits per heavy atom. The first-order valence-corrected chi connectivity index (χ1v) is 8.36. The van der Waals surface area contributed by atoms with Crippen molar-refractivity contribution in [3.05, 3.63) is 41.8 Å². The van der Waals surface area contributed by atoms with Crippen molar-refractivity contribution in [1.29, 1.82) is 0 Å². The molecule has 1 fully saturated rings. The lowest BCUT2D eigenvalue weighted by Crippen LogP contribution is -2.35. The summed E-state index contributed by atoms with van der Waals surface area (Å²) in [4.78, 5) is 9.21. The molecule has 0 saturated carbocycles. The number of hydrogen-bond acceptors (Lipinski definition) is 4. The molecule has 1 saturated heterocycles. The third kappa shape index (κ3) is 4.26. The van der Waals surface area contributed by atoms with Crippen LogP contribution < -0.4 is 10.6 Å². The van der Waals surface area contributed by atoms with Gasteiger partial charge in [0.05, 0.1) is 0 Å². The normalized spacial score (nSPS) is 15.6. The van der Waals surface area contributed by atoms with Crippen LogP contribution in [0.3, 0.4) is 0 Å². The van der Waals surface area contributed by atoms with Crippen molar-refractivity contribution in [2.45, 2.75) is 38.6 Å². The van der Waals surface area contributed by atoms with Gasteiger partial charge in [-0.2, -0.15) is 0 Å². The van der Waals surface area contributed by atoms with Crippen LogP contribution in [0.4, 0.5) is 10.2 Å². The Kier molecular flexibility index (Phi) is 5.18. The van der Waals surface area contributed by atoms with Gasteiger partial charge in [0.1, 0.15) is 11.6 Å². The lowest BCUT2D eigenvalue weighted by Gasteiger charge is -2.24. The lowest BCUT2D eigenvalue weighted by molar-refractivity contribution is 0.478. The molecule has 1 aliphatic rings. The molecule has 0 aliphatic carbocycles. The van der Waals surface area contributed by atoms with Crippen LogP contribution in [0.5, 0.6) is 0 Å². The number of halogens is 1. The maximum atomic E-state index is 13.5. The SMILES string of the molecule is CCCc1cc(NC2CCNCC2)nc(-c2cccc(F)c2)n1. The standard InChI is InChI=1S/C18H23FN4/c1-2-4-16-12-17(21-15-7-9-20-10-8-15)23-18(22-16)13-5-3-6-14(19)11-13/h3,5-6,11-12,15,20H,2,4,7-10H2,1H3,(H,21,22,23). The highest BCUT2D eigenvalue weighted by Gasteiger charge is 2.15. The number of benzene rings is 1. The summed E-state index contributed by atoms with van der Waals surface area (Å²) in [7, 11) is 0. The minimum absolute atomic E-state index is 0.264. The number of piperidine rings is 1. The van der Waals surface area contributed by atoms with Gasteiger partial charge in [-0.25, -0.2) is 14.4 Å². The molecule has 4 nitrogen and oxygen atoms in total. The van der Waals surface area contributed by atoms with Crippen molar-refractivity contribution in [2.24, 2.45) is 0 Å². The maximum Gasteiger partial charge on any atom is 0.161 e. The summed E-state index contributed by atoms with van der Waals surface area (Å²) in [5, 5.41) is 6.88. The van der Waals surface area contributed by atoms with Crippen LogP contribution in [0.25, 0.3) is 11.4 Å². The molecule has 1 aliphatic heterocycles. The summed E-state index contributed by atoms with van der Waals surface area (Å²) in [6.45, 7) is 4.19. The summed E-state index contributed by atoms with van der Waals surface area (Å²) < 4.78 is 13.5. The molecule has 5 heteroatoms. The molecular formula is C18H23FN4. The molecule has 2 aromatic rings. The van der Waals surface area contributed by atoms with Crippen LogP contribution in [0.2, 0.25) is 0 Å². The van der Waals surface area contributed by atoms with E-state index in [1.54, 1.807) is 6.07 Å². The number of nitrogens with zero attached hydrogens (tertiary/aromatic N) is 2.